The van der Waals surface area contributed by atoms with Gasteiger partial charge in [0, 0.05) is 62.7 Å². The van der Waals surface area contributed by atoms with E-state index in [0.29, 0.717) is 66.9 Å². The third-order valence-corrected chi connectivity index (χ3v) is 20.2. The molecule has 0 amide bonds. The summed E-state index contributed by atoms with van der Waals surface area (Å²) in [5.41, 5.74) is 0. The molecule has 18 aliphatic rings. The van der Waals surface area contributed by atoms with Crippen molar-refractivity contribution in [1.82, 2.24) is 0 Å². The van der Waals surface area contributed by atoms with Crippen molar-refractivity contribution in [2.24, 2.45) is 76.9 Å². The van der Waals surface area contributed by atoms with E-state index >= 15 is 0 Å². The van der Waals surface area contributed by atoms with Gasteiger partial charge in [0.05, 0.1) is 19.1 Å². The van der Waals surface area contributed by atoms with Crippen molar-refractivity contribution in [3.05, 3.63) is 0 Å². The molecular formula is C79H146O10. The molecular weight excluding hydrogens is 1110 g/mol. The SMILES string of the molecule is C1C2CC3CC1CC(C2)C3.C1CC2CCC1C2.CC.CC.CC.CC.CC.CC.CC.CC.O=C1C2CC3CC(C2)CC1C3.O=C1CC2CCC1C2.O=C1CCCCC1.O=C1CCCCC1.O=C1CCCCCO1.O=C1CCCO1.O=C1OC2CCCC1C2. The summed E-state index contributed by atoms with van der Waals surface area (Å²) >= 11 is 0. The van der Waals surface area contributed by atoms with Gasteiger partial charge in [-0.2, -0.15) is 0 Å². The predicted molar refractivity (Wildman–Crippen MR) is 373 cm³/mol. The largest absolute Gasteiger partial charge is 0.466 e. The highest BCUT2D eigenvalue weighted by Gasteiger charge is 2.47. The van der Waals surface area contributed by atoms with Crippen LogP contribution in [-0.2, 0) is 47.8 Å². The minimum Gasteiger partial charge on any atom is -0.466 e. The zero-order valence-electron chi connectivity index (χ0n) is 61.4. The van der Waals surface area contributed by atoms with Gasteiger partial charge in [0.25, 0.3) is 0 Å². The van der Waals surface area contributed by atoms with Crippen LogP contribution >= 0.6 is 0 Å². The number of ketones is 4. The van der Waals surface area contributed by atoms with Crippen molar-refractivity contribution in [3.63, 3.8) is 0 Å². The summed E-state index contributed by atoms with van der Waals surface area (Å²) in [7, 11) is 0. The number of rotatable bonds is 0. The highest BCUT2D eigenvalue weighted by Crippen LogP contribution is 2.54. The Hall–Kier alpha value is -2.91. The van der Waals surface area contributed by atoms with Crippen LogP contribution in [0.5, 0.6) is 0 Å². The smallest absolute Gasteiger partial charge is 0.309 e. The van der Waals surface area contributed by atoms with Gasteiger partial charge in [0.15, 0.2) is 0 Å². The Morgan fingerprint density at radius 1 is 0.270 bits per heavy atom. The summed E-state index contributed by atoms with van der Waals surface area (Å²) in [5.74, 6) is 13.6. The van der Waals surface area contributed by atoms with Crippen molar-refractivity contribution < 1.29 is 47.8 Å². The average molecular weight is 1260 g/mol. The molecule has 0 aromatic heterocycles. The normalized spacial score (nSPS) is 32.4. The number of cyclic esters (lactones) is 2. The topological polar surface area (TPSA) is 147 Å². The summed E-state index contributed by atoms with van der Waals surface area (Å²) < 4.78 is 14.3. The number of esters is 3. The van der Waals surface area contributed by atoms with Crippen LogP contribution < -0.4 is 0 Å². The molecule has 0 aromatic rings. The monoisotopic (exact) mass is 1260 g/mol. The van der Waals surface area contributed by atoms with Crippen molar-refractivity contribution in [2.45, 2.75) is 374 Å². The van der Waals surface area contributed by atoms with E-state index in [2.05, 4.69) is 4.74 Å². The van der Waals surface area contributed by atoms with Gasteiger partial charge in [-0.15, -0.1) is 0 Å². The lowest BCUT2D eigenvalue weighted by Gasteiger charge is -2.49. The highest BCUT2D eigenvalue weighted by atomic mass is 16.6. The van der Waals surface area contributed by atoms with Gasteiger partial charge in [-0.3, -0.25) is 33.6 Å². The molecule has 15 saturated carbocycles. The number of hydrogen-bond acceptors (Lipinski definition) is 10. The standard InChI is InChI=1S/C10H14O.C10H16.C7H10O2.C7H10O.C7H12.C6H10O2.2C6H10O.C4H6O2.8C2H6/c11-10-8-2-6-1-7(4-8)5-9(10)3-6;1-7-2-9-4-8(1)5-10(3-7)6-9;8-7-5-2-1-3-6(4-5)9-7;8-7-4-5-1-2-6(7)3-5;1-2-7-4-3-6(1)5-7;7-6-4-2-1-3-5-8-6;2*7-6-4-2-1-3-5-6;5-4-2-1-3-6-4;8*1-2/h6-9H,1-5H2;7-10H,1-6H2;5-6H,1-4H2;5-6H,1-4H2;6-7H,1-5H2;1-5H2;2*1-5H2;1-3H2;8*1-2H3. The number of ether oxygens (including phenoxy) is 3. The minimum absolute atomic E-state index is 0.0255. The van der Waals surface area contributed by atoms with Crippen LogP contribution in [0.3, 0.4) is 0 Å². The van der Waals surface area contributed by atoms with Gasteiger partial charge in [-0.05, 0) is 227 Å². The molecule has 10 nitrogen and oxygen atoms in total. The molecule has 0 radical (unpaired) electrons. The van der Waals surface area contributed by atoms with Crippen LogP contribution in [0.25, 0.3) is 0 Å². The van der Waals surface area contributed by atoms with Crippen molar-refractivity contribution in [1.29, 1.82) is 0 Å². The summed E-state index contributed by atoms with van der Waals surface area (Å²) in [4.78, 5) is 74.7. The molecule has 4 unspecified atom stereocenters. The second-order valence-corrected chi connectivity index (χ2v) is 26.2. The number of carbonyl (C=O) groups is 7. The fourth-order valence-electron chi connectivity index (χ4n) is 16.7. The Kier molecular flexibility index (Phi) is 52.7. The molecule has 0 aromatic carbocycles. The maximum Gasteiger partial charge on any atom is 0.309 e. The van der Waals surface area contributed by atoms with Gasteiger partial charge >= 0.3 is 17.9 Å². The molecule has 3 saturated heterocycles. The number of hydrogen-bond donors (Lipinski definition) is 0. The summed E-state index contributed by atoms with van der Waals surface area (Å²) in [6.45, 7) is 33.3. The van der Waals surface area contributed by atoms with Gasteiger partial charge < -0.3 is 14.2 Å². The van der Waals surface area contributed by atoms with E-state index in [4.69, 9.17) is 9.47 Å². The highest BCUT2D eigenvalue weighted by molar-refractivity contribution is 5.85. The second-order valence-electron chi connectivity index (χ2n) is 26.2. The Labute approximate surface area is 550 Å². The molecule has 4 atom stereocenters. The minimum atomic E-state index is -0.0463. The quantitative estimate of drug-likeness (QED) is 0.170. The fraction of sp³-hybridized carbons (Fsp3) is 0.911. The molecule has 3 aliphatic heterocycles. The molecule has 18 rings (SSSR count). The Morgan fingerprint density at radius 3 is 0.888 bits per heavy atom. The number of fused-ring (bicyclic) bond motifs is 6. The first-order valence-corrected chi connectivity index (χ1v) is 39.1. The zero-order chi connectivity index (χ0) is 66.9. The maximum atomic E-state index is 11.6. The number of Topliss-reactive ketones (excluding diaryl/α,β-unsaturated/α-hetero) is 4. The molecule has 10 heteroatoms. The molecule has 18 fully saturated rings. The lowest BCUT2D eigenvalue weighted by Crippen LogP contribution is -2.45. The molecule has 522 valence electrons. The van der Waals surface area contributed by atoms with E-state index in [1.54, 1.807) is 70.6 Å². The lowest BCUT2D eigenvalue weighted by molar-refractivity contribution is -0.144. The van der Waals surface area contributed by atoms with Gasteiger partial charge in [-0.1, -0.05) is 149 Å². The van der Waals surface area contributed by atoms with Gasteiger partial charge in [-0.25, -0.2) is 0 Å². The predicted octanol–water partition coefficient (Wildman–Crippen LogP) is 22.2. The molecule has 89 heavy (non-hydrogen) atoms. The Bertz CT molecular complexity index is 1660. The lowest BCUT2D eigenvalue weighted by atomic mass is 9.56. The van der Waals surface area contributed by atoms with Crippen LogP contribution in [0.4, 0.5) is 0 Å². The third-order valence-electron chi connectivity index (χ3n) is 20.2. The van der Waals surface area contributed by atoms with E-state index in [1.807, 2.05) is 111 Å². The Balaban J connectivity index is 0.000000956. The molecule has 0 N–H and O–H groups in total. The second kappa shape index (κ2) is 54.5. The molecule has 14 bridgehead atoms. The first-order valence-electron chi connectivity index (χ1n) is 39.1. The van der Waals surface area contributed by atoms with Crippen molar-refractivity contribution in [2.75, 3.05) is 13.2 Å². The van der Waals surface area contributed by atoms with Crippen LogP contribution in [-0.4, -0.2) is 60.4 Å². The van der Waals surface area contributed by atoms with Crippen LogP contribution in [0, 0.1) is 76.9 Å². The van der Waals surface area contributed by atoms with E-state index in [0.717, 1.165) is 120 Å². The first kappa shape index (κ1) is 86.1. The molecule has 3 heterocycles. The molecule has 15 aliphatic carbocycles. The fourth-order valence-corrected chi connectivity index (χ4v) is 16.7. The Morgan fingerprint density at radius 2 is 0.607 bits per heavy atom. The van der Waals surface area contributed by atoms with Crippen molar-refractivity contribution >= 4 is 41.0 Å². The van der Waals surface area contributed by atoms with Gasteiger partial charge in [0.2, 0.25) is 0 Å². The zero-order valence-corrected chi connectivity index (χ0v) is 61.4. The number of carbonyl (C=O) groups excluding carboxylic acids is 7. The van der Waals surface area contributed by atoms with Crippen LogP contribution in [0.2, 0.25) is 0 Å². The van der Waals surface area contributed by atoms with Crippen LogP contribution in [0.15, 0.2) is 0 Å². The summed E-state index contributed by atoms with van der Waals surface area (Å²) in [6.07, 6.45) is 49.0. The first-order chi connectivity index (χ1) is 43.5. The van der Waals surface area contributed by atoms with E-state index in [1.165, 1.54) is 106 Å². The summed E-state index contributed by atoms with van der Waals surface area (Å²) in [5, 5.41) is 0. The third kappa shape index (κ3) is 34.7. The van der Waals surface area contributed by atoms with Crippen molar-refractivity contribution in [3.8, 4) is 0 Å². The van der Waals surface area contributed by atoms with E-state index < -0.39 is 0 Å². The van der Waals surface area contributed by atoms with Gasteiger partial charge in [0.1, 0.15) is 29.2 Å². The average Bonchev–Trinajstić information content (AvgIpc) is 2.87. The molecule has 0 spiro atoms. The van der Waals surface area contributed by atoms with E-state index in [-0.39, 0.29) is 29.9 Å². The van der Waals surface area contributed by atoms with Crippen LogP contribution in [0.1, 0.15) is 368 Å². The summed E-state index contributed by atoms with van der Waals surface area (Å²) in [6, 6.07) is 0. The maximum absolute atomic E-state index is 11.6. The van der Waals surface area contributed by atoms with E-state index in [9.17, 15) is 33.6 Å².